The molecule has 1 aromatic carbocycles. The van der Waals surface area contributed by atoms with Crippen LogP contribution in [0.5, 0.6) is 0 Å². The minimum Gasteiger partial charge on any atom is -0.478 e. The van der Waals surface area contributed by atoms with E-state index in [2.05, 4.69) is 10.6 Å². The standard InChI is InChI=1S/C28H43N3O10/c1-28(2,3)41-27(36)29-9-5-11-38-13-15-40-16-14-39-12-6-10-31-19-21-17-20(26(34)35)7-8-22(21)30-23(25(31)33)18-24(32)37-4/h7-8,17,23,30H,5-6,9-16,18-19H2,1-4H3,(H,29,36)(H,34,35)/t23-/m0/s1. The van der Waals surface area contributed by atoms with E-state index in [-0.39, 0.29) is 24.4 Å². The van der Waals surface area contributed by atoms with E-state index in [0.29, 0.717) is 76.8 Å². The van der Waals surface area contributed by atoms with Crippen molar-refractivity contribution in [2.75, 3.05) is 65.2 Å². The zero-order chi connectivity index (χ0) is 30.3. The van der Waals surface area contributed by atoms with Gasteiger partial charge in [-0.25, -0.2) is 9.59 Å². The van der Waals surface area contributed by atoms with Gasteiger partial charge < -0.3 is 44.3 Å². The average Bonchev–Trinajstić information content (AvgIpc) is 3.03. The topological polar surface area (TPSA) is 162 Å². The van der Waals surface area contributed by atoms with E-state index < -0.39 is 29.7 Å². The van der Waals surface area contributed by atoms with Crippen LogP contribution in [0.2, 0.25) is 0 Å². The number of carbonyl (C=O) groups is 4. The van der Waals surface area contributed by atoms with Crippen molar-refractivity contribution in [2.24, 2.45) is 0 Å². The minimum absolute atomic E-state index is 0.119. The van der Waals surface area contributed by atoms with Crippen molar-refractivity contribution in [1.29, 1.82) is 0 Å². The van der Waals surface area contributed by atoms with Gasteiger partial charge in [-0.2, -0.15) is 0 Å². The Balaban J connectivity index is 1.63. The summed E-state index contributed by atoms with van der Waals surface area (Å²) in [4.78, 5) is 49.6. The molecule has 1 aliphatic rings. The van der Waals surface area contributed by atoms with Crippen LogP contribution in [0.25, 0.3) is 0 Å². The number of aromatic carboxylic acids is 1. The molecule has 0 aliphatic carbocycles. The van der Waals surface area contributed by atoms with Crippen molar-refractivity contribution in [3.8, 4) is 0 Å². The van der Waals surface area contributed by atoms with Crippen LogP contribution < -0.4 is 10.6 Å². The van der Waals surface area contributed by atoms with Gasteiger partial charge >= 0.3 is 18.0 Å². The maximum absolute atomic E-state index is 13.2. The van der Waals surface area contributed by atoms with Crippen molar-refractivity contribution in [2.45, 2.75) is 58.2 Å². The summed E-state index contributed by atoms with van der Waals surface area (Å²) in [7, 11) is 1.26. The Morgan fingerprint density at radius 3 is 2.27 bits per heavy atom. The summed E-state index contributed by atoms with van der Waals surface area (Å²) in [6.07, 6.45) is 0.615. The summed E-state index contributed by atoms with van der Waals surface area (Å²) in [6, 6.07) is 3.78. The zero-order valence-corrected chi connectivity index (χ0v) is 24.4. The third-order valence-electron chi connectivity index (χ3n) is 5.85. The van der Waals surface area contributed by atoms with Crippen LogP contribution in [0.1, 0.15) is 56.0 Å². The monoisotopic (exact) mass is 581 g/mol. The first kappa shape index (κ1) is 33.8. The van der Waals surface area contributed by atoms with Crippen molar-refractivity contribution in [1.82, 2.24) is 10.2 Å². The molecular weight excluding hydrogens is 538 g/mol. The molecule has 3 N–H and O–H groups in total. The number of anilines is 1. The van der Waals surface area contributed by atoms with Crippen LogP contribution in [0.15, 0.2) is 18.2 Å². The molecule has 2 amide bonds. The van der Waals surface area contributed by atoms with Crippen LogP contribution in [0, 0.1) is 0 Å². The Hall–Kier alpha value is -3.42. The van der Waals surface area contributed by atoms with Gasteiger partial charge in [0.1, 0.15) is 11.6 Å². The highest BCUT2D eigenvalue weighted by Crippen LogP contribution is 2.26. The number of rotatable bonds is 17. The molecule has 0 bridgehead atoms. The molecule has 13 heteroatoms. The normalized spacial score (nSPS) is 15.0. The molecule has 1 aliphatic heterocycles. The van der Waals surface area contributed by atoms with Gasteiger partial charge in [-0.05, 0) is 57.4 Å². The predicted molar refractivity (Wildman–Crippen MR) is 149 cm³/mol. The van der Waals surface area contributed by atoms with Gasteiger partial charge in [0.15, 0.2) is 0 Å². The number of alkyl carbamates (subject to hydrolysis) is 1. The molecule has 13 nitrogen and oxygen atoms in total. The number of hydrogen-bond donors (Lipinski definition) is 3. The molecule has 1 atom stereocenters. The largest absolute Gasteiger partial charge is 0.478 e. The van der Waals surface area contributed by atoms with Gasteiger partial charge in [0.2, 0.25) is 5.91 Å². The third kappa shape index (κ3) is 13.2. The van der Waals surface area contributed by atoms with Crippen molar-refractivity contribution in [3.05, 3.63) is 29.3 Å². The second-order valence-corrected chi connectivity index (χ2v) is 10.4. The maximum Gasteiger partial charge on any atom is 0.407 e. The molecular formula is C28H43N3O10. The number of ether oxygens (including phenoxy) is 5. The zero-order valence-electron chi connectivity index (χ0n) is 24.4. The number of carboxylic acids is 1. The lowest BCUT2D eigenvalue weighted by molar-refractivity contribution is -0.144. The van der Waals surface area contributed by atoms with Crippen LogP contribution in [-0.4, -0.2) is 105 Å². The first-order chi connectivity index (χ1) is 19.5. The Morgan fingerprint density at radius 1 is 1.02 bits per heavy atom. The van der Waals surface area contributed by atoms with Crippen molar-refractivity contribution in [3.63, 3.8) is 0 Å². The number of methoxy groups -OCH3 is 1. The summed E-state index contributed by atoms with van der Waals surface area (Å²) in [5.74, 6) is -1.85. The summed E-state index contributed by atoms with van der Waals surface area (Å²) in [5.41, 5.74) is 0.855. The molecule has 1 aromatic rings. The first-order valence-electron chi connectivity index (χ1n) is 13.7. The first-order valence-corrected chi connectivity index (χ1v) is 13.7. The highest BCUT2D eigenvalue weighted by Gasteiger charge is 2.31. The lowest BCUT2D eigenvalue weighted by atomic mass is 10.1. The van der Waals surface area contributed by atoms with E-state index in [0.717, 1.165) is 0 Å². The fraction of sp³-hybridized carbons (Fsp3) is 0.643. The van der Waals surface area contributed by atoms with Crippen LogP contribution in [0.3, 0.4) is 0 Å². The molecule has 41 heavy (non-hydrogen) atoms. The van der Waals surface area contributed by atoms with Gasteiger partial charge in [-0.15, -0.1) is 0 Å². The second-order valence-electron chi connectivity index (χ2n) is 10.4. The molecule has 0 spiro atoms. The van der Waals surface area contributed by atoms with E-state index >= 15 is 0 Å². The number of esters is 1. The fourth-order valence-corrected chi connectivity index (χ4v) is 3.91. The number of nitrogens with zero attached hydrogens (tertiary/aromatic N) is 1. The minimum atomic E-state index is -1.06. The highest BCUT2D eigenvalue weighted by molar-refractivity contribution is 5.92. The molecule has 0 unspecified atom stereocenters. The quantitative estimate of drug-likeness (QED) is 0.183. The molecule has 0 aromatic heterocycles. The molecule has 1 heterocycles. The van der Waals surface area contributed by atoms with Crippen LogP contribution in [-0.2, 0) is 39.8 Å². The Kier molecular flexibility index (Phi) is 14.3. The summed E-state index contributed by atoms with van der Waals surface area (Å²) in [6.45, 7) is 8.96. The number of fused-ring (bicyclic) bond motifs is 1. The van der Waals surface area contributed by atoms with E-state index in [9.17, 15) is 24.3 Å². The number of carbonyl (C=O) groups excluding carboxylic acids is 3. The number of carboxylic acid groups (broad SMARTS) is 1. The third-order valence-corrected chi connectivity index (χ3v) is 5.85. The number of amides is 2. The Bertz CT molecular complexity index is 1010. The summed E-state index contributed by atoms with van der Waals surface area (Å²) in [5, 5.41) is 15.1. The van der Waals surface area contributed by atoms with Crippen LogP contribution >= 0.6 is 0 Å². The molecule has 2 rings (SSSR count). The Labute approximate surface area is 240 Å². The Morgan fingerprint density at radius 2 is 1.66 bits per heavy atom. The predicted octanol–water partition coefficient (Wildman–Crippen LogP) is 2.43. The molecule has 230 valence electrons. The van der Waals surface area contributed by atoms with Crippen LogP contribution in [0.4, 0.5) is 10.5 Å². The SMILES string of the molecule is COC(=O)C[C@@H]1Nc2ccc(C(=O)O)cc2CN(CCCOCCOCCOCCCNC(=O)OC(C)(C)C)C1=O. The van der Waals surface area contributed by atoms with Gasteiger partial charge in [-0.1, -0.05) is 0 Å². The van der Waals surface area contributed by atoms with Gasteiger partial charge in [0, 0.05) is 38.5 Å². The molecule has 0 radical (unpaired) electrons. The second kappa shape index (κ2) is 17.4. The van der Waals surface area contributed by atoms with Gasteiger partial charge in [0.05, 0.1) is 45.5 Å². The number of nitrogens with one attached hydrogen (secondary N) is 2. The summed E-state index contributed by atoms with van der Waals surface area (Å²) < 4.78 is 26.5. The molecule has 0 saturated carbocycles. The fourth-order valence-electron chi connectivity index (χ4n) is 3.91. The van der Waals surface area contributed by atoms with E-state index in [1.165, 1.54) is 19.2 Å². The molecule has 0 fully saturated rings. The van der Waals surface area contributed by atoms with E-state index in [4.69, 9.17) is 23.7 Å². The average molecular weight is 582 g/mol. The van der Waals surface area contributed by atoms with Gasteiger partial charge in [0.25, 0.3) is 0 Å². The number of hydrogen-bond acceptors (Lipinski definition) is 10. The van der Waals surface area contributed by atoms with Crippen molar-refractivity contribution < 1.29 is 48.0 Å². The smallest absolute Gasteiger partial charge is 0.407 e. The maximum atomic E-state index is 13.2. The highest BCUT2D eigenvalue weighted by atomic mass is 16.6. The van der Waals surface area contributed by atoms with Gasteiger partial charge in [-0.3, -0.25) is 9.59 Å². The lowest BCUT2D eigenvalue weighted by Gasteiger charge is -2.24. The molecule has 0 saturated heterocycles. The lowest BCUT2D eigenvalue weighted by Crippen LogP contribution is -2.42. The van der Waals surface area contributed by atoms with E-state index in [1.807, 2.05) is 20.8 Å². The number of benzene rings is 1. The van der Waals surface area contributed by atoms with Crippen molar-refractivity contribution >= 4 is 29.6 Å². The van der Waals surface area contributed by atoms with E-state index in [1.54, 1.807) is 11.0 Å². The summed E-state index contributed by atoms with van der Waals surface area (Å²) >= 11 is 0.